The van der Waals surface area contributed by atoms with E-state index in [1.54, 1.807) is 18.9 Å². The third-order valence-corrected chi connectivity index (χ3v) is 6.18. The van der Waals surface area contributed by atoms with Crippen LogP contribution >= 0.6 is 23.5 Å². The first-order valence-electron chi connectivity index (χ1n) is 9.39. The molecule has 2 aromatic carbocycles. The van der Waals surface area contributed by atoms with Crippen molar-refractivity contribution in [3.8, 4) is 5.75 Å². The van der Waals surface area contributed by atoms with E-state index in [0.717, 1.165) is 5.82 Å². The maximum Gasteiger partial charge on any atom is 0.234 e. The molecule has 0 fully saturated rings. The fourth-order valence-corrected chi connectivity index (χ4v) is 4.30. The number of rotatable bonds is 10. The summed E-state index contributed by atoms with van der Waals surface area (Å²) in [7, 11) is 1.58. The Balaban J connectivity index is 1.62. The Kier molecular flexibility index (Phi) is 7.98. The maximum atomic E-state index is 12.4. The lowest BCUT2D eigenvalue weighted by Crippen LogP contribution is -2.15. The number of hydrogen-bond donors (Lipinski definition) is 1. The van der Waals surface area contributed by atoms with E-state index in [-0.39, 0.29) is 11.7 Å². The molecule has 0 saturated carbocycles. The Labute approximate surface area is 185 Å². The molecule has 0 saturated heterocycles. The molecule has 0 unspecified atom stereocenters. The minimum absolute atomic E-state index is 0.131. The van der Waals surface area contributed by atoms with Crippen molar-refractivity contribution in [3.05, 3.63) is 72.6 Å². The van der Waals surface area contributed by atoms with Crippen LogP contribution < -0.4 is 10.1 Å². The Morgan fingerprint density at radius 1 is 1.17 bits per heavy atom. The van der Waals surface area contributed by atoms with E-state index in [1.165, 1.54) is 22.2 Å². The van der Waals surface area contributed by atoms with Crippen molar-refractivity contribution in [3.63, 3.8) is 0 Å². The molecule has 0 atom stereocenters. The number of benzene rings is 2. The van der Waals surface area contributed by atoms with Crippen LogP contribution in [0, 0.1) is 6.92 Å². The highest BCUT2D eigenvalue weighted by molar-refractivity contribution is 7.99. The van der Waals surface area contributed by atoms with Crippen LogP contribution in [0.15, 0.2) is 71.2 Å². The summed E-state index contributed by atoms with van der Waals surface area (Å²) in [5, 5.41) is 12.2. The average molecular weight is 441 g/mol. The number of anilines is 1. The Hall–Kier alpha value is -2.71. The summed E-state index contributed by atoms with van der Waals surface area (Å²) < 4.78 is 7.27. The van der Waals surface area contributed by atoms with Crippen LogP contribution in [0.2, 0.25) is 0 Å². The second kappa shape index (κ2) is 10.9. The standard InChI is InChI=1S/C22H24N4O2S2/c1-4-13-26-20(14-29-17-11-9-16(2)10-12-17)24-25-22(26)30-15-21(27)23-18-7-5-6-8-19(18)28-3/h4-12H,1,13-15H2,2-3H3,(H,23,27). The van der Waals surface area contributed by atoms with Gasteiger partial charge in [-0.2, -0.15) is 0 Å². The minimum atomic E-state index is -0.131. The van der Waals surface area contributed by atoms with E-state index in [9.17, 15) is 4.79 Å². The second-order valence-electron chi connectivity index (χ2n) is 6.44. The molecule has 3 rings (SSSR count). The third-order valence-electron chi connectivity index (χ3n) is 4.21. The molecule has 0 aliphatic carbocycles. The lowest BCUT2D eigenvalue weighted by atomic mass is 10.2. The number of ether oxygens (including phenoxy) is 1. The topological polar surface area (TPSA) is 69.0 Å². The molecule has 156 valence electrons. The zero-order valence-electron chi connectivity index (χ0n) is 17.0. The van der Waals surface area contributed by atoms with E-state index in [1.807, 2.05) is 34.9 Å². The molecule has 1 amide bonds. The molecule has 0 spiro atoms. The van der Waals surface area contributed by atoms with Crippen molar-refractivity contribution in [2.24, 2.45) is 0 Å². The fraction of sp³-hybridized carbons (Fsp3) is 0.227. The van der Waals surface area contributed by atoms with E-state index in [0.29, 0.717) is 28.9 Å². The van der Waals surface area contributed by atoms with Gasteiger partial charge < -0.3 is 14.6 Å². The number of nitrogens with zero attached hydrogens (tertiary/aromatic N) is 3. The second-order valence-corrected chi connectivity index (χ2v) is 8.43. The van der Waals surface area contributed by atoms with Gasteiger partial charge in [-0.3, -0.25) is 4.79 Å². The molecule has 0 aliphatic heterocycles. The quantitative estimate of drug-likeness (QED) is 0.361. The highest BCUT2D eigenvalue weighted by Gasteiger charge is 2.14. The van der Waals surface area contributed by atoms with Crippen molar-refractivity contribution in [1.29, 1.82) is 0 Å². The van der Waals surface area contributed by atoms with Gasteiger partial charge in [-0.25, -0.2) is 0 Å². The molecular weight excluding hydrogens is 416 g/mol. The summed E-state index contributed by atoms with van der Waals surface area (Å²) in [6.45, 7) is 6.49. The predicted molar refractivity (Wildman–Crippen MR) is 123 cm³/mol. The lowest BCUT2D eigenvalue weighted by molar-refractivity contribution is -0.113. The number of thioether (sulfide) groups is 2. The monoisotopic (exact) mass is 440 g/mol. The van der Waals surface area contributed by atoms with Crippen LogP contribution in [-0.4, -0.2) is 33.5 Å². The van der Waals surface area contributed by atoms with Gasteiger partial charge in [0.25, 0.3) is 0 Å². The minimum Gasteiger partial charge on any atom is -0.495 e. The molecule has 1 N–H and O–H groups in total. The van der Waals surface area contributed by atoms with Gasteiger partial charge in [0.05, 0.1) is 24.3 Å². The number of aromatic nitrogens is 3. The molecule has 0 aliphatic rings. The SMILES string of the molecule is C=CCn1c(CSc2ccc(C)cc2)nnc1SCC(=O)Nc1ccccc1OC. The van der Waals surface area contributed by atoms with Gasteiger partial charge in [0.15, 0.2) is 5.16 Å². The summed E-state index contributed by atoms with van der Waals surface area (Å²) in [6, 6.07) is 15.7. The number of allylic oxidation sites excluding steroid dienone is 1. The molecule has 1 aromatic heterocycles. The predicted octanol–water partition coefficient (Wildman–Crippen LogP) is 4.80. The normalized spacial score (nSPS) is 10.6. The highest BCUT2D eigenvalue weighted by atomic mass is 32.2. The molecule has 0 radical (unpaired) electrons. The van der Waals surface area contributed by atoms with Gasteiger partial charge in [-0.1, -0.05) is 47.7 Å². The van der Waals surface area contributed by atoms with Gasteiger partial charge in [-0.05, 0) is 31.2 Å². The van der Waals surface area contributed by atoms with Crippen molar-refractivity contribution in [2.45, 2.75) is 29.3 Å². The highest BCUT2D eigenvalue weighted by Crippen LogP contribution is 2.26. The summed E-state index contributed by atoms with van der Waals surface area (Å²) in [4.78, 5) is 13.6. The molecule has 6 nitrogen and oxygen atoms in total. The average Bonchev–Trinajstić information content (AvgIpc) is 3.14. The number of methoxy groups -OCH3 is 1. The summed E-state index contributed by atoms with van der Waals surface area (Å²) in [6.07, 6.45) is 1.81. The molecule has 3 aromatic rings. The van der Waals surface area contributed by atoms with Crippen molar-refractivity contribution in [1.82, 2.24) is 14.8 Å². The molecule has 0 bridgehead atoms. The van der Waals surface area contributed by atoms with E-state index in [2.05, 4.69) is 53.3 Å². The first kappa shape index (κ1) is 22.0. The van der Waals surface area contributed by atoms with Crippen molar-refractivity contribution >= 4 is 35.1 Å². The number of nitrogens with one attached hydrogen (secondary N) is 1. The van der Waals surface area contributed by atoms with Crippen LogP contribution in [0.4, 0.5) is 5.69 Å². The van der Waals surface area contributed by atoms with Crippen LogP contribution in [0.3, 0.4) is 0 Å². The Bertz CT molecular complexity index is 1000. The first-order valence-corrected chi connectivity index (χ1v) is 11.4. The van der Waals surface area contributed by atoms with Crippen molar-refractivity contribution in [2.75, 3.05) is 18.2 Å². The molecule has 8 heteroatoms. The molecule has 1 heterocycles. The van der Waals surface area contributed by atoms with E-state index in [4.69, 9.17) is 4.74 Å². The Morgan fingerprint density at radius 2 is 1.93 bits per heavy atom. The smallest absolute Gasteiger partial charge is 0.234 e. The van der Waals surface area contributed by atoms with Crippen LogP contribution in [-0.2, 0) is 17.1 Å². The molecule has 30 heavy (non-hydrogen) atoms. The van der Waals surface area contributed by atoms with Gasteiger partial charge >= 0.3 is 0 Å². The van der Waals surface area contributed by atoms with E-state index >= 15 is 0 Å². The van der Waals surface area contributed by atoms with Crippen LogP contribution in [0.1, 0.15) is 11.4 Å². The fourth-order valence-electron chi connectivity index (χ4n) is 2.69. The van der Waals surface area contributed by atoms with Gasteiger partial charge in [-0.15, -0.1) is 28.5 Å². The number of carbonyl (C=O) groups is 1. The van der Waals surface area contributed by atoms with E-state index < -0.39 is 0 Å². The lowest BCUT2D eigenvalue weighted by Gasteiger charge is -2.10. The number of carbonyl (C=O) groups excluding carboxylic acids is 1. The summed E-state index contributed by atoms with van der Waals surface area (Å²) in [5.74, 6) is 2.26. The number of hydrogen-bond acceptors (Lipinski definition) is 6. The summed E-state index contributed by atoms with van der Waals surface area (Å²) >= 11 is 3.06. The van der Waals surface area contributed by atoms with Crippen molar-refractivity contribution < 1.29 is 9.53 Å². The van der Waals surface area contributed by atoms with Gasteiger partial charge in [0.1, 0.15) is 11.6 Å². The maximum absolute atomic E-state index is 12.4. The van der Waals surface area contributed by atoms with Crippen LogP contribution in [0.5, 0.6) is 5.75 Å². The zero-order valence-corrected chi connectivity index (χ0v) is 18.6. The van der Waals surface area contributed by atoms with Gasteiger partial charge in [0.2, 0.25) is 5.91 Å². The summed E-state index contributed by atoms with van der Waals surface area (Å²) in [5.41, 5.74) is 1.88. The first-order chi connectivity index (χ1) is 14.6. The number of amides is 1. The third kappa shape index (κ3) is 5.90. The Morgan fingerprint density at radius 3 is 2.67 bits per heavy atom. The largest absolute Gasteiger partial charge is 0.495 e. The number of para-hydroxylation sites is 2. The molecular formula is C22H24N4O2S2. The zero-order chi connectivity index (χ0) is 21.3. The van der Waals surface area contributed by atoms with Gasteiger partial charge in [0, 0.05) is 11.4 Å². The van der Waals surface area contributed by atoms with Crippen LogP contribution in [0.25, 0.3) is 0 Å². The number of aryl methyl sites for hydroxylation is 1.